The summed E-state index contributed by atoms with van der Waals surface area (Å²) < 4.78 is 0. The van der Waals surface area contributed by atoms with Crippen LogP contribution >= 0.6 is 0 Å². The van der Waals surface area contributed by atoms with Crippen molar-refractivity contribution in [2.45, 2.75) is 0 Å². The van der Waals surface area contributed by atoms with Gasteiger partial charge in [-0.2, -0.15) is 15.8 Å². The van der Waals surface area contributed by atoms with Gasteiger partial charge in [-0.15, -0.1) is 0 Å². The van der Waals surface area contributed by atoms with Gasteiger partial charge in [-0.1, -0.05) is 72.8 Å². The fraction of sp³-hybridized carbons (Fsp3) is 0. The topological polar surface area (TPSA) is 195 Å². The van der Waals surface area contributed by atoms with Gasteiger partial charge in [-0.25, -0.2) is 24.4 Å². The summed E-state index contributed by atoms with van der Waals surface area (Å²) in [5.74, 6) is -2.94. The molecule has 4 aromatic carbocycles. The highest BCUT2D eigenvalue weighted by Gasteiger charge is 2.06. The molecule has 0 atom stereocenters. The number of rotatable bonds is 5. The van der Waals surface area contributed by atoms with Crippen LogP contribution in [0.15, 0.2) is 121 Å². The Morgan fingerprint density at radius 2 is 0.585 bits per heavy atom. The van der Waals surface area contributed by atoms with E-state index >= 15 is 0 Å². The van der Waals surface area contributed by atoms with E-state index in [0.29, 0.717) is 22.3 Å². The summed E-state index contributed by atoms with van der Waals surface area (Å²) in [5.41, 5.74) is 1.33. The Hall–Kier alpha value is -5.44. The average molecular weight is 568 g/mol. The van der Waals surface area contributed by atoms with Crippen molar-refractivity contribution in [3.05, 3.63) is 144 Å². The van der Waals surface area contributed by atoms with E-state index in [9.17, 15) is 19.2 Å². The molecule has 214 valence electrons. The molecule has 41 heavy (non-hydrogen) atoms. The van der Waals surface area contributed by atoms with Crippen molar-refractivity contribution < 1.29 is 64.8 Å². The first-order valence-electron chi connectivity index (χ1n) is 11.2. The van der Waals surface area contributed by atoms with Gasteiger partial charge in [-0.3, -0.25) is 19.6 Å². The lowest BCUT2D eigenvalue weighted by Gasteiger charge is -1.95. The standard InChI is InChI=1S/C7H6O4.3C7H6O3/c8-7(10-11-9)6-4-2-1-3-5-6;3*8-7(10-9)6-4-2-1-3-5-6/h1-5,9H;3*1-5,9H. The SMILES string of the molecule is O=C(OO)c1ccccc1.O=C(OO)c1ccccc1.O=C(OO)c1ccccc1.O=C(OOO)c1ccccc1. The highest BCUT2D eigenvalue weighted by Crippen LogP contribution is 2.01. The van der Waals surface area contributed by atoms with Crippen LogP contribution in [0, 0.1) is 0 Å². The van der Waals surface area contributed by atoms with Crippen LogP contribution in [0.3, 0.4) is 0 Å². The van der Waals surface area contributed by atoms with Gasteiger partial charge in [-0.05, 0) is 53.6 Å². The van der Waals surface area contributed by atoms with E-state index in [4.69, 9.17) is 21.0 Å². The Morgan fingerprint density at radius 3 is 0.780 bits per heavy atom. The second-order valence-electron chi connectivity index (χ2n) is 7.05. The zero-order valence-electron chi connectivity index (χ0n) is 21.0. The summed E-state index contributed by atoms with van der Waals surface area (Å²) in [4.78, 5) is 56.7. The first-order chi connectivity index (χ1) is 19.9. The minimum Gasteiger partial charge on any atom is -0.296 e. The lowest BCUT2D eigenvalue weighted by atomic mass is 10.2. The summed E-state index contributed by atoms with van der Waals surface area (Å²) in [6.07, 6.45) is 0. The van der Waals surface area contributed by atoms with Crippen molar-refractivity contribution in [1.82, 2.24) is 0 Å². The minimum absolute atomic E-state index is 0.321. The third kappa shape index (κ3) is 13.8. The summed E-state index contributed by atoms with van der Waals surface area (Å²) in [5, 5.41) is 34.8. The number of carbonyl (C=O) groups excluding carboxylic acids is 4. The molecule has 13 nitrogen and oxygen atoms in total. The van der Waals surface area contributed by atoms with Crippen molar-refractivity contribution in [1.29, 1.82) is 0 Å². The highest BCUT2D eigenvalue weighted by atomic mass is 17.5. The van der Waals surface area contributed by atoms with E-state index in [0.717, 1.165) is 0 Å². The molecule has 0 amide bonds. The normalized spacial score (nSPS) is 8.98. The van der Waals surface area contributed by atoms with Gasteiger partial charge in [0.15, 0.2) is 0 Å². The van der Waals surface area contributed by atoms with E-state index in [2.05, 4.69) is 24.6 Å². The van der Waals surface area contributed by atoms with Gasteiger partial charge in [0, 0.05) is 0 Å². The van der Waals surface area contributed by atoms with E-state index < -0.39 is 23.9 Å². The van der Waals surface area contributed by atoms with Crippen LogP contribution in [0.2, 0.25) is 0 Å². The predicted molar refractivity (Wildman–Crippen MR) is 139 cm³/mol. The molecule has 4 N–H and O–H groups in total. The average Bonchev–Trinajstić information content (AvgIpc) is 3.06. The third-order valence-corrected chi connectivity index (χ3v) is 4.40. The second-order valence-corrected chi connectivity index (χ2v) is 7.05. The van der Waals surface area contributed by atoms with E-state index in [1.54, 1.807) is 121 Å². The first-order valence-corrected chi connectivity index (χ1v) is 11.2. The zero-order chi connectivity index (χ0) is 30.3. The number of hydrogen-bond donors (Lipinski definition) is 4. The molecular formula is C28H24O13. The van der Waals surface area contributed by atoms with Crippen LogP contribution in [0.5, 0.6) is 0 Å². The number of carbonyl (C=O) groups is 4. The van der Waals surface area contributed by atoms with Gasteiger partial charge in [0.25, 0.3) is 0 Å². The van der Waals surface area contributed by atoms with E-state index in [1.807, 2.05) is 0 Å². The van der Waals surface area contributed by atoms with Crippen LogP contribution < -0.4 is 0 Å². The third-order valence-electron chi connectivity index (χ3n) is 4.40. The summed E-state index contributed by atoms with van der Waals surface area (Å²) in [6, 6.07) is 33.0. The summed E-state index contributed by atoms with van der Waals surface area (Å²) in [7, 11) is 0. The van der Waals surface area contributed by atoms with Crippen molar-refractivity contribution in [2.24, 2.45) is 0 Å². The van der Waals surface area contributed by atoms with Crippen molar-refractivity contribution >= 4 is 23.9 Å². The first kappa shape index (κ1) is 33.6. The van der Waals surface area contributed by atoms with Gasteiger partial charge in [0.05, 0.1) is 22.3 Å². The largest absolute Gasteiger partial charge is 0.376 e. The molecule has 4 rings (SSSR count). The van der Waals surface area contributed by atoms with E-state index in [-0.39, 0.29) is 0 Å². The molecule has 0 radical (unpaired) electrons. The maximum atomic E-state index is 10.7. The maximum absolute atomic E-state index is 10.7. The molecule has 0 fully saturated rings. The zero-order valence-corrected chi connectivity index (χ0v) is 21.0. The van der Waals surface area contributed by atoms with Crippen LogP contribution in [-0.2, 0) is 24.6 Å². The predicted octanol–water partition coefficient (Wildman–Crippen LogP) is 5.20. The van der Waals surface area contributed by atoms with Crippen LogP contribution in [0.4, 0.5) is 0 Å². The fourth-order valence-corrected chi connectivity index (χ4v) is 2.54. The second kappa shape index (κ2) is 20.5. The molecule has 0 aliphatic carbocycles. The summed E-state index contributed by atoms with van der Waals surface area (Å²) >= 11 is 0. The maximum Gasteiger partial charge on any atom is 0.376 e. The molecule has 4 aromatic rings. The molecule has 0 aliphatic heterocycles. The molecule has 13 heteroatoms. The Balaban J connectivity index is 0.000000274. The lowest BCUT2D eigenvalue weighted by Crippen LogP contribution is -2.03. The molecule has 0 unspecified atom stereocenters. The van der Waals surface area contributed by atoms with Crippen LogP contribution in [-0.4, -0.2) is 44.9 Å². The number of hydrogen-bond acceptors (Lipinski definition) is 13. The van der Waals surface area contributed by atoms with Gasteiger partial charge in [0.2, 0.25) is 0 Å². The van der Waals surface area contributed by atoms with Crippen LogP contribution in [0.25, 0.3) is 0 Å². The molecule has 0 saturated carbocycles. The molecule has 0 aliphatic rings. The Kier molecular flexibility index (Phi) is 16.8. The van der Waals surface area contributed by atoms with Crippen molar-refractivity contribution in [3.8, 4) is 0 Å². The quantitative estimate of drug-likeness (QED) is 0.139. The molecule has 0 heterocycles. The van der Waals surface area contributed by atoms with Gasteiger partial charge >= 0.3 is 23.9 Å². The molecule has 0 saturated heterocycles. The van der Waals surface area contributed by atoms with Crippen molar-refractivity contribution in [3.63, 3.8) is 0 Å². The van der Waals surface area contributed by atoms with Gasteiger partial charge in [0.1, 0.15) is 0 Å². The molecule has 0 bridgehead atoms. The Labute approximate surface area is 232 Å². The minimum atomic E-state index is -0.736. The Morgan fingerprint density at radius 1 is 0.366 bits per heavy atom. The summed E-state index contributed by atoms with van der Waals surface area (Å²) in [6.45, 7) is 0. The van der Waals surface area contributed by atoms with Crippen LogP contribution in [0.1, 0.15) is 41.4 Å². The Bertz CT molecular complexity index is 1180. The number of benzene rings is 4. The highest BCUT2D eigenvalue weighted by molar-refractivity contribution is 5.90. The molecule has 0 spiro atoms. The van der Waals surface area contributed by atoms with E-state index in [1.165, 1.54) is 0 Å². The monoisotopic (exact) mass is 568 g/mol. The lowest BCUT2D eigenvalue weighted by molar-refractivity contribution is -0.455. The smallest absolute Gasteiger partial charge is 0.296 e. The molecule has 0 aromatic heterocycles. The molecular weight excluding hydrogens is 544 g/mol. The van der Waals surface area contributed by atoms with Gasteiger partial charge < -0.3 is 0 Å². The van der Waals surface area contributed by atoms with Crippen molar-refractivity contribution in [2.75, 3.05) is 0 Å². The fourth-order valence-electron chi connectivity index (χ4n) is 2.54.